The molecule has 1 N–H and O–H groups in total. The molecule has 2 aliphatic rings. The van der Waals surface area contributed by atoms with Crippen LogP contribution in [0.3, 0.4) is 0 Å². The molecule has 0 bridgehead atoms. The first-order chi connectivity index (χ1) is 15.9. The molecule has 5 rings (SSSR count). The number of aromatic nitrogens is 3. The minimum atomic E-state index is -0.628. The fraction of sp³-hybridized carbons (Fsp3) is 0.348. The summed E-state index contributed by atoms with van der Waals surface area (Å²) in [5.74, 6) is 0.0101. The summed E-state index contributed by atoms with van der Waals surface area (Å²) in [4.78, 5) is 13.2. The third-order valence-electron chi connectivity index (χ3n) is 5.77. The van der Waals surface area contributed by atoms with Crippen LogP contribution in [0.1, 0.15) is 23.7 Å². The van der Waals surface area contributed by atoms with Gasteiger partial charge in [0.2, 0.25) is 5.88 Å². The summed E-state index contributed by atoms with van der Waals surface area (Å²) in [6.45, 7) is 6.92. The Morgan fingerprint density at radius 2 is 1.85 bits per heavy atom. The van der Waals surface area contributed by atoms with Gasteiger partial charge in [0.1, 0.15) is 17.5 Å². The van der Waals surface area contributed by atoms with E-state index in [9.17, 15) is 4.39 Å². The highest BCUT2D eigenvalue weighted by Gasteiger charge is 2.24. The first-order valence-corrected chi connectivity index (χ1v) is 10.7. The smallest absolute Gasteiger partial charge is 0.326 e. The Labute approximate surface area is 189 Å². The Bertz CT molecular complexity index is 1230. The second-order valence-electron chi connectivity index (χ2n) is 8.47. The SMILES string of the molecule is CC1=Cc2c(F)c(Oc3nc(Nc4cc(C)no4)cc(N4CCN(C)CC4)n3)cc(F)c2C1. The summed E-state index contributed by atoms with van der Waals surface area (Å²) >= 11 is 0. The Kier molecular flexibility index (Phi) is 5.45. The van der Waals surface area contributed by atoms with Gasteiger partial charge in [-0.3, -0.25) is 0 Å². The van der Waals surface area contributed by atoms with Crippen LogP contribution in [0.4, 0.5) is 26.3 Å². The molecular formula is C23H24F2N6O2. The zero-order valence-corrected chi connectivity index (χ0v) is 18.7. The fourth-order valence-electron chi connectivity index (χ4n) is 4.01. The van der Waals surface area contributed by atoms with Crippen LogP contribution in [-0.4, -0.2) is 53.3 Å². The Balaban J connectivity index is 1.50. The molecule has 3 aromatic rings. The summed E-state index contributed by atoms with van der Waals surface area (Å²) in [5.41, 5.74) is 2.16. The van der Waals surface area contributed by atoms with Gasteiger partial charge in [-0.15, -0.1) is 0 Å². The van der Waals surface area contributed by atoms with Crippen LogP contribution in [0, 0.1) is 18.6 Å². The van der Waals surface area contributed by atoms with Gasteiger partial charge >= 0.3 is 6.01 Å². The molecule has 8 nitrogen and oxygen atoms in total. The number of benzene rings is 1. The average molecular weight is 454 g/mol. The van der Waals surface area contributed by atoms with Gasteiger partial charge in [-0.25, -0.2) is 8.78 Å². The number of anilines is 3. The van der Waals surface area contributed by atoms with E-state index >= 15 is 4.39 Å². The minimum Gasteiger partial charge on any atom is -0.421 e. The molecule has 1 aliphatic heterocycles. The molecule has 10 heteroatoms. The molecule has 0 radical (unpaired) electrons. The Morgan fingerprint density at radius 1 is 1.06 bits per heavy atom. The van der Waals surface area contributed by atoms with Crippen LogP contribution in [0.25, 0.3) is 6.08 Å². The molecule has 33 heavy (non-hydrogen) atoms. The molecule has 0 spiro atoms. The van der Waals surface area contributed by atoms with E-state index in [1.807, 2.05) is 6.92 Å². The van der Waals surface area contributed by atoms with Crippen molar-refractivity contribution in [2.45, 2.75) is 20.3 Å². The van der Waals surface area contributed by atoms with E-state index in [1.165, 1.54) is 0 Å². The van der Waals surface area contributed by atoms with Crippen molar-refractivity contribution >= 4 is 23.6 Å². The van der Waals surface area contributed by atoms with E-state index in [2.05, 4.69) is 37.3 Å². The van der Waals surface area contributed by atoms with Gasteiger partial charge in [-0.05, 0) is 27.3 Å². The lowest BCUT2D eigenvalue weighted by molar-refractivity contribution is 0.311. The highest BCUT2D eigenvalue weighted by molar-refractivity contribution is 5.66. The molecule has 1 saturated heterocycles. The second-order valence-corrected chi connectivity index (χ2v) is 8.47. The Morgan fingerprint density at radius 3 is 2.58 bits per heavy atom. The van der Waals surface area contributed by atoms with E-state index in [-0.39, 0.29) is 17.3 Å². The van der Waals surface area contributed by atoms with Gasteiger partial charge in [-0.1, -0.05) is 16.8 Å². The van der Waals surface area contributed by atoms with E-state index in [4.69, 9.17) is 9.26 Å². The van der Waals surface area contributed by atoms with Gasteiger partial charge in [0.25, 0.3) is 0 Å². The highest BCUT2D eigenvalue weighted by atomic mass is 19.1. The van der Waals surface area contributed by atoms with Crippen LogP contribution in [-0.2, 0) is 6.42 Å². The highest BCUT2D eigenvalue weighted by Crippen LogP contribution is 2.36. The summed E-state index contributed by atoms with van der Waals surface area (Å²) in [6.07, 6.45) is 2.03. The minimum absolute atomic E-state index is 0.0953. The molecular weight excluding hydrogens is 430 g/mol. The monoisotopic (exact) mass is 454 g/mol. The zero-order chi connectivity index (χ0) is 23.1. The molecule has 1 fully saturated rings. The van der Waals surface area contributed by atoms with E-state index in [0.29, 0.717) is 35.2 Å². The number of halogens is 2. The summed E-state index contributed by atoms with van der Waals surface area (Å²) in [7, 11) is 2.06. The predicted molar refractivity (Wildman–Crippen MR) is 120 cm³/mol. The number of nitrogens with zero attached hydrogens (tertiary/aromatic N) is 5. The largest absolute Gasteiger partial charge is 0.421 e. The van der Waals surface area contributed by atoms with Crippen molar-refractivity contribution in [1.82, 2.24) is 20.0 Å². The lowest BCUT2D eigenvalue weighted by Crippen LogP contribution is -2.44. The van der Waals surface area contributed by atoms with Gasteiger partial charge in [0, 0.05) is 55.5 Å². The van der Waals surface area contributed by atoms with Gasteiger partial charge in [0.15, 0.2) is 11.6 Å². The zero-order valence-electron chi connectivity index (χ0n) is 18.7. The predicted octanol–water partition coefficient (Wildman–Crippen LogP) is 4.30. The van der Waals surface area contributed by atoms with Crippen molar-refractivity contribution in [3.63, 3.8) is 0 Å². The lowest BCUT2D eigenvalue weighted by Gasteiger charge is -2.33. The van der Waals surface area contributed by atoms with Crippen LogP contribution in [0.2, 0.25) is 0 Å². The molecule has 172 valence electrons. The number of ether oxygens (including phenoxy) is 1. The molecule has 1 aliphatic carbocycles. The number of nitrogens with one attached hydrogen (secondary N) is 1. The number of likely N-dealkylation sites (N-methyl/N-ethyl adjacent to an activating group) is 1. The number of hydrogen-bond donors (Lipinski definition) is 1. The number of aryl methyl sites for hydroxylation is 1. The van der Waals surface area contributed by atoms with Crippen molar-refractivity contribution in [2.75, 3.05) is 43.4 Å². The maximum Gasteiger partial charge on any atom is 0.326 e. The van der Waals surface area contributed by atoms with Crippen molar-refractivity contribution < 1.29 is 18.0 Å². The van der Waals surface area contributed by atoms with Gasteiger partial charge in [0.05, 0.1) is 5.69 Å². The summed E-state index contributed by atoms with van der Waals surface area (Å²) in [6, 6.07) is 4.45. The van der Waals surface area contributed by atoms with E-state index in [0.717, 1.165) is 37.8 Å². The maximum atomic E-state index is 15.1. The normalized spacial score (nSPS) is 16.0. The second kappa shape index (κ2) is 8.43. The lowest BCUT2D eigenvalue weighted by atomic mass is 10.1. The third-order valence-corrected chi connectivity index (χ3v) is 5.77. The number of hydrogen-bond acceptors (Lipinski definition) is 8. The molecule has 0 amide bonds. The molecule has 3 heterocycles. The van der Waals surface area contributed by atoms with Crippen molar-refractivity contribution in [1.29, 1.82) is 0 Å². The molecule has 0 atom stereocenters. The van der Waals surface area contributed by atoms with E-state index in [1.54, 1.807) is 25.1 Å². The number of rotatable bonds is 5. The van der Waals surface area contributed by atoms with Crippen molar-refractivity contribution in [2.24, 2.45) is 0 Å². The van der Waals surface area contributed by atoms with Crippen LogP contribution < -0.4 is 15.0 Å². The van der Waals surface area contributed by atoms with Crippen LogP contribution in [0.15, 0.2) is 28.3 Å². The molecule has 0 saturated carbocycles. The molecule has 0 unspecified atom stereocenters. The number of allylic oxidation sites excluding steroid dienone is 1. The number of fused-ring (bicyclic) bond motifs is 1. The van der Waals surface area contributed by atoms with Crippen LogP contribution in [0.5, 0.6) is 11.8 Å². The Hall–Kier alpha value is -3.53. The first kappa shape index (κ1) is 21.3. The quantitative estimate of drug-likeness (QED) is 0.612. The summed E-state index contributed by atoms with van der Waals surface area (Å²) in [5, 5.41) is 6.90. The van der Waals surface area contributed by atoms with Crippen molar-refractivity contribution in [3.05, 3.63) is 52.2 Å². The van der Waals surface area contributed by atoms with E-state index < -0.39 is 11.6 Å². The summed E-state index contributed by atoms with van der Waals surface area (Å²) < 4.78 is 40.7. The van der Waals surface area contributed by atoms with Crippen LogP contribution >= 0.6 is 0 Å². The number of piperazine rings is 1. The standard InChI is InChI=1S/C23H24F2N6O2/c1-13-8-15-16(9-13)22(25)18(11-17(15)24)32-23-27-19(26-21-10-14(2)29-33-21)12-20(28-23)31-6-4-30(3)5-7-31/h9-12H,4-8H2,1-3H3,(H,26,27,28). The van der Waals surface area contributed by atoms with Crippen molar-refractivity contribution in [3.8, 4) is 11.8 Å². The molecule has 2 aromatic heterocycles. The topological polar surface area (TPSA) is 79.5 Å². The van der Waals surface area contributed by atoms with Gasteiger partial charge < -0.3 is 24.4 Å². The van der Waals surface area contributed by atoms with Gasteiger partial charge in [-0.2, -0.15) is 9.97 Å². The molecule has 1 aromatic carbocycles. The first-order valence-electron chi connectivity index (χ1n) is 10.7. The fourth-order valence-corrected chi connectivity index (χ4v) is 4.01. The average Bonchev–Trinajstić information content (AvgIpc) is 3.37. The third kappa shape index (κ3) is 4.38. The maximum absolute atomic E-state index is 15.1.